The summed E-state index contributed by atoms with van der Waals surface area (Å²) in [6, 6.07) is 0. The van der Waals surface area contributed by atoms with Crippen molar-refractivity contribution in [2.75, 3.05) is 13.2 Å². The fourth-order valence-electron chi connectivity index (χ4n) is 1.74. The molecule has 0 radical (unpaired) electrons. The first-order chi connectivity index (χ1) is 8.45. The summed E-state index contributed by atoms with van der Waals surface area (Å²) in [5.74, 6) is 0.437. The quantitative estimate of drug-likeness (QED) is 0.884. The fourth-order valence-corrected chi connectivity index (χ4v) is 1.74. The van der Waals surface area contributed by atoms with Gasteiger partial charge in [0.15, 0.2) is 11.9 Å². The molecule has 18 heavy (non-hydrogen) atoms. The Labute approximate surface area is 101 Å². The standard InChI is InChI=1S/C10H13F3N2O3/c11-10(12,13)7(16)4-9-14-8(15-18-9)3-6-1-2-17-5-6/h6-7,16H,1-5H2. The van der Waals surface area contributed by atoms with Crippen LogP contribution in [-0.4, -0.2) is 40.7 Å². The van der Waals surface area contributed by atoms with Gasteiger partial charge in [0.1, 0.15) is 0 Å². The van der Waals surface area contributed by atoms with Crippen molar-refractivity contribution in [3.63, 3.8) is 0 Å². The monoisotopic (exact) mass is 266 g/mol. The topological polar surface area (TPSA) is 68.4 Å². The van der Waals surface area contributed by atoms with Crippen LogP contribution >= 0.6 is 0 Å². The van der Waals surface area contributed by atoms with Crippen LogP contribution < -0.4 is 0 Å². The molecule has 1 fully saturated rings. The van der Waals surface area contributed by atoms with Crippen LogP contribution in [0.15, 0.2) is 4.52 Å². The maximum atomic E-state index is 12.1. The molecular formula is C10H13F3N2O3. The smallest absolute Gasteiger partial charge is 0.383 e. The third-order valence-corrected chi connectivity index (χ3v) is 2.75. The van der Waals surface area contributed by atoms with Crippen LogP contribution in [0, 0.1) is 5.92 Å². The van der Waals surface area contributed by atoms with Crippen LogP contribution in [0.25, 0.3) is 0 Å². The molecule has 1 aliphatic heterocycles. The molecule has 0 amide bonds. The summed E-state index contributed by atoms with van der Waals surface area (Å²) in [4.78, 5) is 3.83. The Balaban J connectivity index is 1.89. The molecule has 0 aromatic carbocycles. The minimum atomic E-state index is -4.67. The summed E-state index contributed by atoms with van der Waals surface area (Å²) < 4.78 is 46.2. The number of aliphatic hydroxyl groups excluding tert-OH is 1. The highest BCUT2D eigenvalue weighted by Gasteiger charge is 2.39. The Bertz CT molecular complexity index is 388. The van der Waals surface area contributed by atoms with Crippen molar-refractivity contribution < 1.29 is 27.5 Å². The summed E-state index contributed by atoms with van der Waals surface area (Å²) in [6.45, 7) is 1.29. The zero-order valence-electron chi connectivity index (χ0n) is 9.48. The third-order valence-electron chi connectivity index (χ3n) is 2.75. The van der Waals surface area contributed by atoms with Gasteiger partial charge in [0.2, 0.25) is 5.89 Å². The molecule has 2 heterocycles. The molecule has 0 spiro atoms. The Kier molecular flexibility index (Phi) is 3.86. The van der Waals surface area contributed by atoms with Gasteiger partial charge in [-0.05, 0) is 12.3 Å². The van der Waals surface area contributed by atoms with E-state index in [0.29, 0.717) is 25.5 Å². The van der Waals surface area contributed by atoms with Gasteiger partial charge in [0.25, 0.3) is 0 Å². The summed E-state index contributed by atoms with van der Waals surface area (Å²) >= 11 is 0. The van der Waals surface area contributed by atoms with Gasteiger partial charge in [-0.3, -0.25) is 0 Å². The highest BCUT2D eigenvalue weighted by atomic mass is 19.4. The molecule has 102 valence electrons. The van der Waals surface area contributed by atoms with Crippen molar-refractivity contribution in [1.29, 1.82) is 0 Å². The average molecular weight is 266 g/mol. The molecule has 1 aliphatic rings. The van der Waals surface area contributed by atoms with Gasteiger partial charge >= 0.3 is 6.18 Å². The summed E-state index contributed by atoms with van der Waals surface area (Å²) in [6.07, 6.45) is -6.45. The first-order valence-corrected chi connectivity index (χ1v) is 5.59. The number of halogens is 3. The van der Waals surface area contributed by atoms with Crippen LogP contribution in [0.5, 0.6) is 0 Å². The van der Waals surface area contributed by atoms with Gasteiger partial charge in [0.05, 0.1) is 6.42 Å². The van der Waals surface area contributed by atoms with E-state index >= 15 is 0 Å². The van der Waals surface area contributed by atoms with E-state index in [1.54, 1.807) is 0 Å². The summed E-state index contributed by atoms with van der Waals surface area (Å²) in [7, 11) is 0. The van der Waals surface area contributed by atoms with Crippen molar-refractivity contribution in [2.45, 2.75) is 31.5 Å². The number of rotatable bonds is 4. The number of aromatic nitrogens is 2. The summed E-state index contributed by atoms with van der Waals surface area (Å²) in [5, 5.41) is 12.5. The van der Waals surface area contributed by atoms with E-state index in [1.807, 2.05) is 0 Å². The number of ether oxygens (including phenoxy) is 1. The van der Waals surface area contributed by atoms with Crippen molar-refractivity contribution in [3.8, 4) is 0 Å². The molecule has 1 aromatic rings. The van der Waals surface area contributed by atoms with Crippen molar-refractivity contribution in [3.05, 3.63) is 11.7 Å². The van der Waals surface area contributed by atoms with E-state index in [1.165, 1.54) is 0 Å². The van der Waals surface area contributed by atoms with Gasteiger partial charge in [-0.25, -0.2) is 0 Å². The van der Waals surface area contributed by atoms with Gasteiger partial charge in [-0.15, -0.1) is 0 Å². The highest BCUT2D eigenvalue weighted by molar-refractivity contribution is 4.91. The minimum absolute atomic E-state index is 0.200. The average Bonchev–Trinajstić information content (AvgIpc) is 2.89. The number of hydrogen-bond donors (Lipinski definition) is 1. The zero-order chi connectivity index (χ0) is 13.2. The maximum absolute atomic E-state index is 12.1. The molecule has 2 rings (SSSR count). The Hall–Kier alpha value is -1.15. The number of alkyl halides is 3. The van der Waals surface area contributed by atoms with Crippen molar-refractivity contribution in [2.24, 2.45) is 5.92 Å². The van der Waals surface area contributed by atoms with Crippen LogP contribution in [0.3, 0.4) is 0 Å². The second-order valence-corrected chi connectivity index (χ2v) is 4.30. The van der Waals surface area contributed by atoms with Crippen LogP contribution in [0.1, 0.15) is 18.1 Å². The zero-order valence-corrected chi connectivity index (χ0v) is 9.48. The van der Waals surface area contributed by atoms with E-state index in [-0.39, 0.29) is 11.8 Å². The van der Waals surface area contributed by atoms with E-state index in [4.69, 9.17) is 9.84 Å². The van der Waals surface area contributed by atoms with Crippen LogP contribution in [0.2, 0.25) is 0 Å². The lowest BCUT2D eigenvalue weighted by Crippen LogP contribution is -2.30. The molecule has 0 bridgehead atoms. The second kappa shape index (κ2) is 5.23. The van der Waals surface area contributed by atoms with E-state index < -0.39 is 18.7 Å². The number of hydrogen-bond acceptors (Lipinski definition) is 5. The number of nitrogens with zero attached hydrogens (tertiary/aromatic N) is 2. The van der Waals surface area contributed by atoms with Crippen LogP contribution in [0.4, 0.5) is 13.2 Å². The minimum Gasteiger partial charge on any atom is -0.383 e. The maximum Gasteiger partial charge on any atom is 0.414 e. The Morgan fingerprint density at radius 1 is 1.44 bits per heavy atom. The molecule has 0 saturated carbocycles. The van der Waals surface area contributed by atoms with Crippen molar-refractivity contribution in [1.82, 2.24) is 10.1 Å². The molecule has 1 N–H and O–H groups in total. The Morgan fingerprint density at radius 2 is 2.22 bits per heavy atom. The SMILES string of the molecule is OC(Cc1nc(CC2CCOC2)no1)C(F)(F)F. The molecule has 1 aromatic heterocycles. The number of aliphatic hydroxyl groups is 1. The predicted octanol–water partition coefficient (Wildman–Crippen LogP) is 1.11. The highest BCUT2D eigenvalue weighted by Crippen LogP contribution is 2.23. The Morgan fingerprint density at radius 3 is 2.83 bits per heavy atom. The van der Waals surface area contributed by atoms with Gasteiger partial charge in [0, 0.05) is 19.6 Å². The first-order valence-electron chi connectivity index (χ1n) is 5.59. The van der Waals surface area contributed by atoms with Gasteiger partial charge < -0.3 is 14.4 Å². The van der Waals surface area contributed by atoms with Gasteiger partial charge in [-0.2, -0.15) is 18.2 Å². The van der Waals surface area contributed by atoms with Crippen LogP contribution in [-0.2, 0) is 17.6 Å². The molecule has 2 atom stereocenters. The van der Waals surface area contributed by atoms with E-state index in [0.717, 1.165) is 6.42 Å². The lowest BCUT2D eigenvalue weighted by molar-refractivity contribution is -0.204. The molecule has 2 unspecified atom stereocenters. The van der Waals surface area contributed by atoms with Gasteiger partial charge in [-0.1, -0.05) is 5.16 Å². The van der Waals surface area contributed by atoms with E-state index in [2.05, 4.69) is 14.7 Å². The second-order valence-electron chi connectivity index (χ2n) is 4.30. The lowest BCUT2D eigenvalue weighted by Gasteiger charge is -2.11. The first kappa shape index (κ1) is 13.3. The van der Waals surface area contributed by atoms with Crippen molar-refractivity contribution >= 4 is 0 Å². The molecule has 1 saturated heterocycles. The lowest BCUT2D eigenvalue weighted by atomic mass is 10.1. The predicted molar refractivity (Wildman–Crippen MR) is 52.7 cm³/mol. The normalized spacial score (nSPS) is 22.3. The largest absolute Gasteiger partial charge is 0.414 e. The molecule has 8 heteroatoms. The molecular weight excluding hydrogens is 253 g/mol. The molecule has 5 nitrogen and oxygen atoms in total. The fraction of sp³-hybridized carbons (Fsp3) is 0.800. The summed E-state index contributed by atoms with van der Waals surface area (Å²) in [5.41, 5.74) is 0. The van der Waals surface area contributed by atoms with E-state index in [9.17, 15) is 13.2 Å². The third kappa shape index (κ3) is 3.42. The molecule has 0 aliphatic carbocycles.